The first kappa shape index (κ1) is 20.4. The average molecular weight is 356 g/mol. The van der Waals surface area contributed by atoms with E-state index in [1.165, 1.54) is 5.56 Å². The summed E-state index contributed by atoms with van der Waals surface area (Å²) in [5.41, 5.74) is 2.31. The number of hydrogen-bond acceptors (Lipinski definition) is 4. The fraction of sp³-hybridized carbons (Fsp3) is 0.611. The Balaban J connectivity index is 2.83. The molecule has 0 aliphatic rings. The van der Waals surface area contributed by atoms with E-state index in [0.29, 0.717) is 31.1 Å². The van der Waals surface area contributed by atoms with Gasteiger partial charge in [-0.25, -0.2) is 0 Å². The van der Waals surface area contributed by atoms with Crippen LogP contribution < -0.4 is 0 Å². The van der Waals surface area contributed by atoms with E-state index in [-0.39, 0.29) is 5.91 Å². The van der Waals surface area contributed by atoms with Gasteiger partial charge in [-0.1, -0.05) is 38.1 Å². The Morgan fingerprint density at radius 1 is 1.39 bits per heavy atom. The van der Waals surface area contributed by atoms with Crippen LogP contribution in [0.2, 0.25) is 0 Å². The van der Waals surface area contributed by atoms with Gasteiger partial charge < -0.3 is 10.0 Å². The van der Waals surface area contributed by atoms with Gasteiger partial charge in [0.15, 0.2) is 0 Å². The van der Waals surface area contributed by atoms with E-state index in [0.717, 1.165) is 17.7 Å². The number of thioether (sulfide) groups is 1. The summed E-state index contributed by atoms with van der Waals surface area (Å²) in [6.45, 7) is 4.76. The maximum absolute atomic E-state index is 12.4. The minimum Gasteiger partial charge on any atom is -0.374 e. The molecule has 0 fully saturated rings. The largest absolute Gasteiger partial charge is 0.374 e. The summed E-state index contributed by atoms with van der Waals surface area (Å²) >= 11 is 5.90. The summed E-state index contributed by atoms with van der Waals surface area (Å²) in [4.78, 5) is 13.9. The standard InChI is InChI=1S/C18H29NO2S2/c1-14(2)16-7-4-6-15(12-16)13-19(18(21)9-10-22)17(20)8-5-11-23-3/h4,6-7,12,14,17,20,22H,5,8-11,13H2,1-3H3. The van der Waals surface area contributed by atoms with E-state index in [4.69, 9.17) is 0 Å². The molecule has 0 heterocycles. The van der Waals surface area contributed by atoms with Gasteiger partial charge in [0.25, 0.3) is 0 Å². The maximum atomic E-state index is 12.4. The number of nitrogens with zero attached hydrogens (tertiary/aromatic N) is 1. The summed E-state index contributed by atoms with van der Waals surface area (Å²) in [5, 5.41) is 10.4. The third-order valence-corrected chi connectivity index (χ3v) is 4.71. The fourth-order valence-electron chi connectivity index (χ4n) is 2.41. The van der Waals surface area contributed by atoms with Crippen molar-refractivity contribution in [3.05, 3.63) is 35.4 Å². The second kappa shape index (κ2) is 11.0. The highest BCUT2D eigenvalue weighted by Crippen LogP contribution is 2.19. The van der Waals surface area contributed by atoms with Crippen LogP contribution >= 0.6 is 24.4 Å². The molecule has 0 spiro atoms. The van der Waals surface area contributed by atoms with E-state index in [9.17, 15) is 9.90 Å². The van der Waals surface area contributed by atoms with Gasteiger partial charge in [-0.15, -0.1) is 0 Å². The van der Waals surface area contributed by atoms with Crippen LogP contribution in [0, 0.1) is 0 Å². The van der Waals surface area contributed by atoms with Crippen LogP contribution in [0.1, 0.15) is 50.2 Å². The number of thiol groups is 1. The minimum atomic E-state index is -0.725. The Bertz CT molecular complexity index is 480. The lowest BCUT2D eigenvalue weighted by atomic mass is 10.0. The summed E-state index contributed by atoms with van der Waals surface area (Å²) in [7, 11) is 0. The van der Waals surface area contributed by atoms with Crippen molar-refractivity contribution >= 4 is 30.3 Å². The zero-order valence-electron chi connectivity index (χ0n) is 14.4. The molecule has 0 saturated carbocycles. The second-order valence-corrected chi connectivity index (χ2v) is 7.44. The highest BCUT2D eigenvalue weighted by atomic mass is 32.2. The molecule has 3 nitrogen and oxygen atoms in total. The van der Waals surface area contributed by atoms with Crippen LogP contribution in [-0.2, 0) is 11.3 Å². The highest BCUT2D eigenvalue weighted by molar-refractivity contribution is 7.98. The second-order valence-electron chi connectivity index (χ2n) is 6.01. The normalized spacial score (nSPS) is 12.4. The lowest BCUT2D eigenvalue weighted by molar-refractivity contribution is -0.142. The average Bonchev–Trinajstić information content (AvgIpc) is 2.53. The van der Waals surface area contributed by atoms with Gasteiger partial charge in [-0.3, -0.25) is 4.79 Å². The van der Waals surface area contributed by atoms with Crippen molar-refractivity contribution in [3.63, 3.8) is 0 Å². The van der Waals surface area contributed by atoms with Crippen LogP contribution in [0.15, 0.2) is 24.3 Å². The van der Waals surface area contributed by atoms with Gasteiger partial charge in [0.1, 0.15) is 6.23 Å². The number of carbonyl (C=O) groups is 1. The topological polar surface area (TPSA) is 40.5 Å². The van der Waals surface area contributed by atoms with Crippen molar-refractivity contribution in [1.29, 1.82) is 0 Å². The van der Waals surface area contributed by atoms with Crippen LogP contribution in [0.4, 0.5) is 0 Å². The SMILES string of the molecule is CSCCCC(O)N(Cc1cccc(C(C)C)c1)C(=O)CCS. The van der Waals surface area contributed by atoms with Gasteiger partial charge in [0.2, 0.25) is 5.91 Å². The van der Waals surface area contributed by atoms with Crippen LogP contribution in [-0.4, -0.2) is 39.9 Å². The maximum Gasteiger partial charge on any atom is 0.225 e. The number of carbonyl (C=O) groups excluding carboxylic acids is 1. The van der Waals surface area contributed by atoms with Crippen molar-refractivity contribution in [2.45, 2.75) is 51.8 Å². The van der Waals surface area contributed by atoms with Crippen molar-refractivity contribution in [3.8, 4) is 0 Å². The van der Waals surface area contributed by atoms with Gasteiger partial charge in [0.05, 0.1) is 0 Å². The molecule has 0 saturated heterocycles. The molecule has 1 unspecified atom stereocenters. The molecule has 1 aromatic carbocycles. The first-order valence-corrected chi connectivity index (χ1v) is 10.2. The molecular formula is C18H29NO2S2. The molecular weight excluding hydrogens is 326 g/mol. The van der Waals surface area contributed by atoms with Gasteiger partial charge >= 0.3 is 0 Å². The van der Waals surface area contributed by atoms with Gasteiger partial charge in [-0.2, -0.15) is 24.4 Å². The molecule has 5 heteroatoms. The third kappa shape index (κ3) is 7.19. The summed E-state index contributed by atoms with van der Waals surface area (Å²) in [6.07, 6.45) is 3.19. The zero-order chi connectivity index (χ0) is 17.2. The van der Waals surface area contributed by atoms with E-state index in [1.807, 2.05) is 18.4 Å². The summed E-state index contributed by atoms with van der Waals surface area (Å²) in [5.74, 6) is 1.91. The monoisotopic (exact) mass is 355 g/mol. The molecule has 1 amide bonds. The molecule has 0 aliphatic carbocycles. The predicted molar refractivity (Wildman–Crippen MR) is 103 cm³/mol. The molecule has 130 valence electrons. The Morgan fingerprint density at radius 2 is 2.13 bits per heavy atom. The zero-order valence-corrected chi connectivity index (χ0v) is 16.1. The van der Waals surface area contributed by atoms with Gasteiger partial charge in [0, 0.05) is 13.0 Å². The molecule has 1 N–H and O–H groups in total. The molecule has 1 atom stereocenters. The van der Waals surface area contributed by atoms with E-state index < -0.39 is 6.23 Å². The summed E-state index contributed by atoms with van der Waals surface area (Å²) < 4.78 is 0. The first-order valence-electron chi connectivity index (χ1n) is 8.15. The van der Waals surface area contributed by atoms with E-state index in [2.05, 4.69) is 38.6 Å². The quantitative estimate of drug-likeness (QED) is 0.380. The van der Waals surface area contributed by atoms with Crippen molar-refractivity contribution < 1.29 is 9.90 Å². The molecule has 0 bridgehead atoms. The Hall–Kier alpha value is -0.650. The highest BCUT2D eigenvalue weighted by Gasteiger charge is 2.21. The first-order chi connectivity index (χ1) is 11.0. The molecule has 0 aliphatic heterocycles. The minimum absolute atomic E-state index is 0.0356. The van der Waals surface area contributed by atoms with Crippen LogP contribution in [0.25, 0.3) is 0 Å². The van der Waals surface area contributed by atoms with Crippen LogP contribution in [0.3, 0.4) is 0 Å². The Morgan fingerprint density at radius 3 is 2.74 bits per heavy atom. The fourth-order valence-corrected chi connectivity index (χ4v) is 3.06. The third-order valence-electron chi connectivity index (χ3n) is 3.79. The smallest absolute Gasteiger partial charge is 0.225 e. The molecule has 1 aromatic rings. The number of benzene rings is 1. The predicted octanol–water partition coefficient (Wildman–Crippen LogP) is 3.92. The van der Waals surface area contributed by atoms with E-state index in [1.54, 1.807) is 16.7 Å². The van der Waals surface area contributed by atoms with Crippen molar-refractivity contribution in [1.82, 2.24) is 4.90 Å². The lowest BCUT2D eigenvalue weighted by Crippen LogP contribution is -2.40. The number of aliphatic hydroxyl groups excluding tert-OH is 1. The number of rotatable bonds is 10. The number of aliphatic hydroxyl groups is 1. The summed E-state index contributed by atoms with van der Waals surface area (Å²) in [6, 6.07) is 8.26. The molecule has 0 radical (unpaired) electrons. The Kier molecular flexibility index (Phi) is 9.75. The van der Waals surface area contributed by atoms with Gasteiger partial charge in [-0.05, 0) is 47.6 Å². The van der Waals surface area contributed by atoms with Crippen LogP contribution in [0.5, 0.6) is 0 Å². The molecule has 0 aromatic heterocycles. The number of amides is 1. The van der Waals surface area contributed by atoms with Crippen molar-refractivity contribution in [2.24, 2.45) is 0 Å². The van der Waals surface area contributed by atoms with E-state index >= 15 is 0 Å². The molecule has 1 rings (SSSR count). The number of hydrogen-bond donors (Lipinski definition) is 2. The molecule has 23 heavy (non-hydrogen) atoms. The lowest BCUT2D eigenvalue weighted by Gasteiger charge is -2.28. The van der Waals surface area contributed by atoms with Crippen molar-refractivity contribution in [2.75, 3.05) is 17.8 Å². The Labute approximate surface area is 150 Å².